The summed E-state index contributed by atoms with van der Waals surface area (Å²) < 4.78 is 29.7. The minimum absolute atomic E-state index is 0. The van der Waals surface area contributed by atoms with E-state index in [0.29, 0.717) is 6.61 Å². The third-order valence-electron chi connectivity index (χ3n) is 5.21. The molecule has 152 valence electrons. The van der Waals surface area contributed by atoms with Crippen LogP contribution in [0.1, 0.15) is 116 Å². The number of unbranched alkanes of at least 4 members (excludes halogenated alkanes) is 10. The first-order chi connectivity index (χ1) is 11.7. The summed E-state index contributed by atoms with van der Waals surface area (Å²) in [4.78, 5) is 0. The molecule has 0 bridgehead atoms. The molecule has 0 radical (unpaired) electrons. The summed E-state index contributed by atoms with van der Waals surface area (Å²) in [5, 5.41) is -0.243. The van der Waals surface area contributed by atoms with E-state index in [1.165, 1.54) is 70.6 Å². The zero-order chi connectivity index (χ0) is 17.5. The Bertz CT molecular complexity index is 376. The van der Waals surface area contributed by atoms with Gasteiger partial charge in [-0.3, -0.25) is 4.18 Å². The first-order valence-electron chi connectivity index (χ1n) is 10.5. The van der Waals surface area contributed by atoms with E-state index in [1.54, 1.807) is 0 Å². The van der Waals surface area contributed by atoms with E-state index >= 15 is 0 Å². The van der Waals surface area contributed by atoms with Crippen LogP contribution in [0.25, 0.3) is 0 Å². The van der Waals surface area contributed by atoms with Crippen molar-refractivity contribution < 1.29 is 12.6 Å². The highest BCUT2D eigenvalue weighted by Gasteiger charge is 2.26. The highest BCUT2D eigenvalue weighted by Crippen LogP contribution is 2.24. The maximum Gasteiger partial charge on any atom is 0.270 e. The summed E-state index contributed by atoms with van der Waals surface area (Å²) in [6.07, 6.45) is 20.0. The lowest BCUT2D eigenvalue weighted by Crippen LogP contribution is -2.23. The SMILES string of the molecule is CCCCCCCCCCCCCOS(=O)(=O)C1CCCCCC1.N. The van der Waals surface area contributed by atoms with Gasteiger partial charge in [-0.05, 0) is 19.3 Å². The van der Waals surface area contributed by atoms with Gasteiger partial charge in [0.1, 0.15) is 0 Å². The topological polar surface area (TPSA) is 78.4 Å². The second kappa shape index (κ2) is 16.1. The lowest BCUT2D eigenvalue weighted by Gasteiger charge is -2.14. The van der Waals surface area contributed by atoms with E-state index < -0.39 is 10.1 Å². The monoisotopic (exact) mass is 377 g/mol. The third kappa shape index (κ3) is 12.8. The van der Waals surface area contributed by atoms with Crippen LogP contribution in [-0.4, -0.2) is 20.3 Å². The number of hydrogen-bond donors (Lipinski definition) is 1. The summed E-state index contributed by atoms with van der Waals surface area (Å²) in [7, 11) is -3.32. The molecule has 25 heavy (non-hydrogen) atoms. The van der Waals surface area contributed by atoms with Crippen LogP contribution in [0.2, 0.25) is 0 Å². The number of hydrogen-bond acceptors (Lipinski definition) is 4. The molecule has 0 aromatic carbocycles. The van der Waals surface area contributed by atoms with Gasteiger partial charge in [0.15, 0.2) is 0 Å². The number of rotatable bonds is 14. The van der Waals surface area contributed by atoms with Gasteiger partial charge in [-0.1, -0.05) is 96.8 Å². The first kappa shape index (κ1) is 24.9. The van der Waals surface area contributed by atoms with Crippen molar-refractivity contribution in [3.63, 3.8) is 0 Å². The minimum atomic E-state index is -3.32. The summed E-state index contributed by atoms with van der Waals surface area (Å²) in [5.74, 6) is 0. The Morgan fingerprint density at radius 3 is 1.64 bits per heavy atom. The standard InChI is InChI=1S/C20H40O3S.H3N/c1-2-3-4-5-6-7-8-9-10-13-16-19-23-24(21,22)20-17-14-11-12-15-18-20;/h20H,2-19H2,1H3;1H3. The summed E-state index contributed by atoms with van der Waals surface area (Å²) in [5.41, 5.74) is 0. The molecule has 0 amide bonds. The van der Waals surface area contributed by atoms with Gasteiger partial charge in [0.05, 0.1) is 11.9 Å². The fraction of sp³-hybridized carbons (Fsp3) is 1.00. The predicted molar refractivity (Wildman–Crippen MR) is 108 cm³/mol. The minimum Gasteiger partial charge on any atom is -0.344 e. The Kier molecular flexibility index (Phi) is 16.0. The molecule has 3 N–H and O–H groups in total. The lowest BCUT2D eigenvalue weighted by atomic mass is 10.1. The normalized spacial score (nSPS) is 16.4. The molecule has 0 heterocycles. The molecule has 0 atom stereocenters. The van der Waals surface area contributed by atoms with Gasteiger partial charge in [0.25, 0.3) is 10.1 Å². The summed E-state index contributed by atoms with van der Waals surface area (Å²) in [6, 6.07) is 0. The van der Waals surface area contributed by atoms with E-state index in [2.05, 4.69) is 6.92 Å². The zero-order valence-electron chi connectivity index (χ0n) is 16.6. The summed E-state index contributed by atoms with van der Waals surface area (Å²) >= 11 is 0. The van der Waals surface area contributed by atoms with Crippen LogP contribution in [0.4, 0.5) is 0 Å². The zero-order valence-corrected chi connectivity index (χ0v) is 17.5. The largest absolute Gasteiger partial charge is 0.344 e. The van der Waals surface area contributed by atoms with Crippen LogP contribution in [0.3, 0.4) is 0 Å². The van der Waals surface area contributed by atoms with Crippen LogP contribution in [0.5, 0.6) is 0 Å². The van der Waals surface area contributed by atoms with Crippen molar-refractivity contribution in [1.29, 1.82) is 0 Å². The first-order valence-corrected chi connectivity index (χ1v) is 12.0. The van der Waals surface area contributed by atoms with Crippen molar-refractivity contribution in [2.24, 2.45) is 0 Å². The second-order valence-corrected chi connectivity index (χ2v) is 9.35. The maximum atomic E-state index is 12.2. The van der Waals surface area contributed by atoms with Crippen LogP contribution in [0, 0.1) is 0 Å². The molecule has 1 saturated carbocycles. The van der Waals surface area contributed by atoms with Crippen molar-refractivity contribution in [2.75, 3.05) is 6.61 Å². The van der Waals surface area contributed by atoms with Gasteiger partial charge < -0.3 is 6.15 Å². The van der Waals surface area contributed by atoms with Crippen molar-refractivity contribution >= 4 is 10.1 Å². The molecule has 0 aromatic heterocycles. The molecule has 1 rings (SSSR count). The Morgan fingerprint density at radius 1 is 0.720 bits per heavy atom. The Hall–Kier alpha value is -0.130. The van der Waals surface area contributed by atoms with Crippen LogP contribution in [0.15, 0.2) is 0 Å². The van der Waals surface area contributed by atoms with E-state index in [-0.39, 0.29) is 11.4 Å². The van der Waals surface area contributed by atoms with Crippen molar-refractivity contribution in [2.45, 2.75) is 121 Å². The van der Waals surface area contributed by atoms with Crippen LogP contribution < -0.4 is 6.15 Å². The molecule has 5 heteroatoms. The lowest BCUT2D eigenvalue weighted by molar-refractivity contribution is 0.298. The molecular weight excluding hydrogens is 334 g/mol. The van der Waals surface area contributed by atoms with E-state index in [1.807, 2.05) is 0 Å². The van der Waals surface area contributed by atoms with E-state index in [9.17, 15) is 8.42 Å². The average molecular weight is 378 g/mol. The van der Waals surface area contributed by atoms with Crippen LogP contribution in [-0.2, 0) is 14.3 Å². The Labute approximate surface area is 157 Å². The third-order valence-corrected chi connectivity index (χ3v) is 6.99. The molecule has 4 nitrogen and oxygen atoms in total. The maximum absolute atomic E-state index is 12.2. The molecule has 0 saturated heterocycles. The fourth-order valence-electron chi connectivity index (χ4n) is 3.57. The molecule has 1 fully saturated rings. The van der Waals surface area contributed by atoms with Gasteiger partial charge in [-0.2, -0.15) is 8.42 Å². The summed E-state index contributed by atoms with van der Waals surface area (Å²) in [6.45, 7) is 2.64. The van der Waals surface area contributed by atoms with E-state index in [0.717, 1.165) is 38.5 Å². The van der Waals surface area contributed by atoms with E-state index in [4.69, 9.17) is 4.18 Å². The molecule has 1 aliphatic rings. The molecule has 0 aromatic rings. The quantitative estimate of drug-likeness (QED) is 0.212. The van der Waals surface area contributed by atoms with Crippen LogP contribution >= 0.6 is 0 Å². The average Bonchev–Trinajstić information content (AvgIpc) is 2.86. The highest BCUT2D eigenvalue weighted by molar-refractivity contribution is 7.87. The predicted octanol–water partition coefficient (Wildman–Crippen LogP) is 6.53. The Morgan fingerprint density at radius 2 is 1.16 bits per heavy atom. The van der Waals surface area contributed by atoms with Gasteiger partial charge in [-0.15, -0.1) is 0 Å². The molecular formula is C20H43NO3S. The molecule has 0 unspecified atom stereocenters. The smallest absolute Gasteiger partial charge is 0.270 e. The van der Waals surface area contributed by atoms with Gasteiger partial charge in [-0.25, -0.2) is 0 Å². The van der Waals surface area contributed by atoms with Crippen molar-refractivity contribution in [3.05, 3.63) is 0 Å². The Balaban J connectivity index is 0.00000576. The van der Waals surface area contributed by atoms with Crippen molar-refractivity contribution in [1.82, 2.24) is 6.15 Å². The molecule has 0 aliphatic heterocycles. The van der Waals surface area contributed by atoms with Gasteiger partial charge >= 0.3 is 0 Å². The molecule has 0 spiro atoms. The molecule has 1 aliphatic carbocycles. The van der Waals surface area contributed by atoms with Gasteiger partial charge in [0.2, 0.25) is 0 Å². The highest BCUT2D eigenvalue weighted by atomic mass is 32.2. The van der Waals surface area contributed by atoms with Gasteiger partial charge in [0, 0.05) is 0 Å². The van der Waals surface area contributed by atoms with Crippen molar-refractivity contribution in [3.8, 4) is 0 Å². The fourth-order valence-corrected chi connectivity index (χ4v) is 5.02. The second-order valence-electron chi connectivity index (χ2n) is 7.46.